The van der Waals surface area contributed by atoms with E-state index in [9.17, 15) is 4.79 Å². The van der Waals surface area contributed by atoms with Crippen molar-refractivity contribution in [3.8, 4) is 11.5 Å². The van der Waals surface area contributed by atoms with E-state index in [1.54, 1.807) is 6.07 Å². The van der Waals surface area contributed by atoms with Crippen LogP contribution in [0, 0.1) is 0 Å². The molecular formula is C20H20ClN3O3S. The number of H-pyrrole nitrogens is 1. The van der Waals surface area contributed by atoms with Gasteiger partial charge < -0.3 is 19.8 Å². The molecule has 4 rings (SSSR count). The Morgan fingerprint density at radius 1 is 1.32 bits per heavy atom. The minimum Gasteiger partial charge on any atom is -0.486 e. The summed E-state index contributed by atoms with van der Waals surface area (Å²) in [4.78, 5) is 20.1. The Kier molecular flexibility index (Phi) is 5.64. The van der Waals surface area contributed by atoms with Gasteiger partial charge in [-0.1, -0.05) is 23.7 Å². The first kappa shape index (κ1) is 19.0. The number of nitrogens with one attached hydrogen (secondary N) is 2. The van der Waals surface area contributed by atoms with Crippen LogP contribution < -0.4 is 14.8 Å². The van der Waals surface area contributed by atoms with Crippen LogP contribution in [0.15, 0.2) is 36.4 Å². The van der Waals surface area contributed by atoms with Gasteiger partial charge in [-0.05, 0) is 36.8 Å². The summed E-state index contributed by atoms with van der Waals surface area (Å²) in [5, 5.41) is 3.50. The number of benzene rings is 2. The number of aromatic amines is 1. The van der Waals surface area contributed by atoms with Gasteiger partial charge in [0.2, 0.25) is 5.91 Å². The van der Waals surface area contributed by atoms with Gasteiger partial charge in [0.15, 0.2) is 11.5 Å². The number of rotatable bonds is 6. The zero-order valence-electron chi connectivity index (χ0n) is 15.3. The normalized spacial score (nSPS) is 14.1. The molecule has 0 fully saturated rings. The molecule has 0 spiro atoms. The number of aromatic nitrogens is 2. The van der Waals surface area contributed by atoms with Gasteiger partial charge in [0.25, 0.3) is 0 Å². The Bertz CT molecular complexity index is 975. The standard InChI is InChI=1S/C20H20ClN3O3S/c1-12(20-23-15-4-2-3-5-16(15)24-20)28-11-18(25)22-10-13-8-14(21)19-17(9-13)26-6-7-27-19/h2-5,8-9,12H,6-7,10-11H2,1H3,(H,22,25)(H,23,24). The van der Waals surface area contributed by atoms with Crippen LogP contribution >= 0.6 is 23.4 Å². The lowest BCUT2D eigenvalue weighted by Gasteiger charge is -2.20. The van der Waals surface area contributed by atoms with E-state index in [0.717, 1.165) is 22.4 Å². The molecule has 1 aromatic heterocycles. The SMILES string of the molecule is CC(SCC(=O)NCc1cc(Cl)c2c(c1)OCCO2)c1nc2ccccc2[nH]1. The monoisotopic (exact) mass is 417 g/mol. The molecule has 0 saturated heterocycles. The number of nitrogens with zero attached hydrogens (tertiary/aromatic N) is 1. The number of hydrogen-bond acceptors (Lipinski definition) is 5. The van der Waals surface area contributed by atoms with Crippen LogP contribution in [0.3, 0.4) is 0 Å². The minimum absolute atomic E-state index is 0.0426. The van der Waals surface area contributed by atoms with E-state index in [0.29, 0.717) is 42.0 Å². The van der Waals surface area contributed by atoms with Crippen LogP contribution in [0.2, 0.25) is 5.02 Å². The summed E-state index contributed by atoms with van der Waals surface area (Å²) in [6.45, 7) is 3.41. The Morgan fingerprint density at radius 2 is 2.14 bits per heavy atom. The smallest absolute Gasteiger partial charge is 0.230 e. The number of carbonyl (C=O) groups excluding carboxylic acids is 1. The zero-order chi connectivity index (χ0) is 19.5. The maximum absolute atomic E-state index is 12.2. The highest BCUT2D eigenvalue weighted by Gasteiger charge is 2.17. The van der Waals surface area contributed by atoms with Crippen LogP contribution in [0.1, 0.15) is 23.6 Å². The van der Waals surface area contributed by atoms with Crippen molar-refractivity contribution < 1.29 is 14.3 Å². The van der Waals surface area contributed by atoms with Crippen LogP contribution in [-0.4, -0.2) is 34.8 Å². The summed E-state index contributed by atoms with van der Waals surface area (Å²) in [7, 11) is 0. The Labute approximate surface area is 172 Å². The second kappa shape index (κ2) is 8.32. The van der Waals surface area contributed by atoms with Gasteiger partial charge in [-0.15, -0.1) is 11.8 Å². The number of hydrogen-bond donors (Lipinski definition) is 2. The van der Waals surface area contributed by atoms with Crippen LogP contribution in [-0.2, 0) is 11.3 Å². The second-order valence-corrected chi connectivity index (χ2v) is 8.21. The molecule has 28 heavy (non-hydrogen) atoms. The van der Waals surface area contributed by atoms with E-state index in [2.05, 4.69) is 15.3 Å². The third-order valence-corrected chi connectivity index (χ3v) is 5.84. The number of fused-ring (bicyclic) bond motifs is 2. The van der Waals surface area contributed by atoms with Gasteiger partial charge in [0.1, 0.15) is 19.0 Å². The summed E-state index contributed by atoms with van der Waals surface area (Å²) in [6.07, 6.45) is 0. The fraction of sp³-hybridized carbons (Fsp3) is 0.300. The third kappa shape index (κ3) is 4.20. The second-order valence-electron chi connectivity index (χ2n) is 6.47. The van der Waals surface area contributed by atoms with Crippen molar-refractivity contribution in [2.45, 2.75) is 18.7 Å². The number of amides is 1. The minimum atomic E-state index is -0.0426. The molecule has 1 aliphatic rings. The molecule has 0 bridgehead atoms. The number of thioether (sulfide) groups is 1. The van der Waals surface area contributed by atoms with Crippen molar-refractivity contribution >= 4 is 40.3 Å². The first-order chi connectivity index (χ1) is 13.6. The van der Waals surface area contributed by atoms with Gasteiger partial charge in [-0.2, -0.15) is 0 Å². The van der Waals surface area contributed by atoms with Crippen LogP contribution in [0.25, 0.3) is 11.0 Å². The van der Waals surface area contributed by atoms with Gasteiger partial charge in [0.05, 0.1) is 27.1 Å². The lowest BCUT2D eigenvalue weighted by molar-refractivity contribution is -0.118. The summed E-state index contributed by atoms with van der Waals surface area (Å²) in [5.41, 5.74) is 2.81. The van der Waals surface area contributed by atoms with E-state index in [4.69, 9.17) is 21.1 Å². The molecule has 6 nitrogen and oxygen atoms in total. The van der Waals surface area contributed by atoms with E-state index < -0.39 is 0 Å². The number of carbonyl (C=O) groups is 1. The number of ether oxygens (including phenoxy) is 2. The zero-order valence-corrected chi connectivity index (χ0v) is 16.9. The van der Waals surface area contributed by atoms with Crippen molar-refractivity contribution in [2.75, 3.05) is 19.0 Å². The fourth-order valence-corrected chi connectivity index (χ4v) is 4.02. The fourth-order valence-electron chi connectivity index (χ4n) is 2.96. The molecular weight excluding hydrogens is 398 g/mol. The molecule has 0 aliphatic carbocycles. The van der Waals surface area contributed by atoms with Crippen molar-refractivity contribution in [3.05, 3.63) is 52.8 Å². The molecule has 1 aliphatic heterocycles. The molecule has 1 amide bonds. The molecule has 3 aromatic rings. The molecule has 1 unspecified atom stereocenters. The highest BCUT2D eigenvalue weighted by Crippen LogP contribution is 2.38. The first-order valence-electron chi connectivity index (χ1n) is 9.01. The lowest BCUT2D eigenvalue weighted by Crippen LogP contribution is -2.25. The molecule has 8 heteroatoms. The quantitative estimate of drug-likeness (QED) is 0.631. The maximum Gasteiger partial charge on any atom is 0.230 e. The molecule has 2 heterocycles. The molecule has 146 valence electrons. The van der Waals surface area contributed by atoms with E-state index in [1.165, 1.54) is 11.8 Å². The number of para-hydroxylation sites is 2. The maximum atomic E-state index is 12.2. The summed E-state index contributed by atoms with van der Waals surface area (Å²) >= 11 is 7.77. The van der Waals surface area contributed by atoms with Crippen molar-refractivity contribution in [3.63, 3.8) is 0 Å². The molecule has 0 radical (unpaired) electrons. The van der Waals surface area contributed by atoms with Gasteiger partial charge in [0, 0.05) is 6.54 Å². The van der Waals surface area contributed by atoms with E-state index >= 15 is 0 Å². The van der Waals surface area contributed by atoms with Crippen molar-refractivity contribution in [2.24, 2.45) is 0 Å². The molecule has 0 saturated carbocycles. The topological polar surface area (TPSA) is 76.2 Å². The predicted octanol–water partition coefficient (Wildman–Crippen LogP) is 4.10. The predicted molar refractivity (Wildman–Crippen MR) is 111 cm³/mol. The largest absolute Gasteiger partial charge is 0.486 e. The van der Waals surface area contributed by atoms with Crippen molar-refractivity contribution in [1.29, 1.82) is 0 Å². The Morgan fingerprint density at radius 3 is 3.00 bits per heavy atom. The average Bonchev–Trinajstić information content (AvgIpc) is 3.15. The molecule has 2 N–H and O–H groups in total. The number of halogens is 1. The van der Waals surface area contributed by atoms with Crippen molar-refractivity contribution in [1.82, 2.24) is 15.3 Å². The summed E-state index contributed by atoms with van der Waals surface area (Å²) in [6, 6.07) is 11.5. The van der Waals surface area contributed by atoms with E-state index in [1.807, 2.05) is 37.3 Å². The van der Waals surface area contributed by atoms with Gasteiger partial charge in [-0.3, -0.25) is 4.79 Å². The van der Waals surface area contributed by atoms with Crippen LogP contribution in [0.5, 0.6) is 11.5 Å². The number of imidazole rings is 1. The highest BCUT2D eigenvalue weighted by molar-refractivity contribution is 8.00. The summed E-state index contributed by atoms with van der Waals surface area (Å²) < 4.78 is 11.1. The van der Waals surface area contributed by atoms with Gasteiger partial charge in [-0.25, -0.2) is 4.98 Å². The van der Waals surface area contributed by atoms with E-state index in [-0.39, 0.29) is 11.2 Å². The lowest BCUT2D eigenvalue weighted by atomic mass is 10.2. The molecule has 2 aromatic carbocycles. The summed E-state index contributed by atoms with van der Waals surface area (Å²) in [5.74, 6) is 2.36. The molecule has 1 atom stereocenters. The Balaban J connectivity index is 1.30. The first-order valence-corrected chi connectivity index (χ1v) is 10.4. The highest BCUT2D eigenvalue weighted by atomic mass is 35.5. The van der Waals surface area contributed by atoms with Crippen LogP contribution in [0.4, 0.5) is 0 Å². The third-order valence-electron chi connectivity index (χ3n) is 4.40. The Hall–Kier alpha value is -2.38. The average molecular weight is 418 g/mol. The van der Waals surface area contributed by atoms with Gasteiger partial charge >= 0.3 is 0 Å².